The molecule has 25 heavy (non-hydrogen) atoms. The lowest BCUT2D eigenvalue weighted by Gasteiger charge is -2.25. The van der Waals surface area contributed by atoms with Gasteiger partial charge in [-0.2, -0.15) is 0 Å². The summed E-state index contributed by atoms with van der Waals surface area (Å²) in [7, 11) is 2.80. The summed E-state index contributed by atoms with van der Waals surface area (Å²) < 4.78 is 24.0. The van der Waals surface area contributed by atoms with Gasteiger partial charge in [-0.05, 0) is 43.2 Å². The summed E-state index contributed by atoms with van der Waals surface area (Å²) in [6, 6.07) is 3.27. The molecular formula is C19H22FNO4. The first kappa shape index (κ1) is 17.5. The fraction of sp³-hybridized carbons (Fsp3) is 0.474. The van der Waals surface area contributed by atoms with Crippen molar-refractivity contribution >= 4 is 11.9 Å². The number of benzene rings is 1. The summed E-state index contributed by atoms with van der Waals surface area (Å²) in [4.78, 5) is 25.5. The smallest absolute Gasteiger partial charge is 0.308 e. The molecule has 1 heterocycles. The number of esters is 1. The van der Waals surface area contributed by atoms with E-state index in [0.29, 0.717) is 18.0 Å². The zero-order valence-corrected chi connectivity index (χ0v) is 14.5. The Balaban J connectivity index is 1.63. The minimum absolute atomic E-state index is 0.0196. The average Bonchev–Trinajstić information content (AvgIpc) is 2.96. The third kappa shape index (κ3) is 3.38. The molecule has 6 heteroatoms. The van der Waals surface area contributed by atoms with Crippen molar-refractivity contribution in [2.75, 3.05) is 14.2 Å². The number of carbonyl (C=O) groups is 2. The Kier molecular flexibility index (Phi) is 5.06. The Morgan fingerprint density at radius 1 is 1.24 bits per heavy atom. The van der Waals surface area contributed by atoms with Crippen molar-refractivity contribution in [3.05, 3.63) is 41.4 Å². The number of amides is 1. The van der Waals surface area contributed by atoms with Crippen molar-refractivity contribution in [2.24, 2.45) is 11.8 Å². The zero-order chi connectivity index (χ0) is 18.0. The molecule has 1 saturated carbocycles. The van der Waals surface area contributed by atoms with Gasteiger partial charge >= 0.3 is 5.97 Å². The molecule has 1 aromatic rings. The van der Waals surface area contributed by atoms with Crippen LogP contribution in [0, 0.1) is 17.7 Å². The lowest BCUT2D eigenvalue weighted by molar-refractivity contribution is -0.146. The zero-order valence-electron chi connectivity index (χ0n) is 14.5. The van der Waals surface area contributed by atoms with Crippen LogP contribution in [0.4, 0.5) is 4.39 Å². The highest BCUT2D eigenvalue weighted by Gasteiger charge is 2.31. The maximum Gasteiger partial charge on any atom is 0.308 e. The molecule has 0 radical (unpaired) electrons. The molecule has 1 aliphatic heterocycles. The molecule has 0 atom stereocenters. The number of fused-ring (bicyclic) bond motifs is 1. The predicted molar refractivity (Wildman–Crippen MR) is 89.4 cm³/mol. The molecule has 0 unspecified atom stereocenters. The van der Waals surface area contributed by atoms with E-state index >= 15 is 0 Å². The summed E-state index contributed by atoms with van der Waals surface area (Å²) in [5, 5.41) is 0. The molecule has 3 rings (SSSR count). The number of halogens is 1. The van der Waals surface area contributed by atoms with Gasteiger partial charge in [-0.25, -0.2) is 4.39 Å². The Morgan fingerprint density at radius 2 is 1.96 bits per heavy atom. The van der Waals surface area contributed by atoms with Crippen molar-refractivity contribution in [3.8, 4) is 5.75 Å². The van der Waals surface area contributed by atoms with Gasteiger partial charge in [-0.3, -0.25) is 9.59 Å². The van der Waals surface area contributed by atoms with Crippen LogP contribution in [0.15, 0.2) is 24.4 Å². The predicted octanol–water partition coefficient (Wildman–Crippen LogP) is 3.28. The van der Waals surface area contributed by atoms with Gasteiger partial charge in [0.15, 0.2) is 11.6 Å². The van der Waals surface area contributed by atoms with Gasteiger partial charge in [0.05, 0.1) is 32.2 Å². The molecule has 1 aliphatic carbocycles. The van der Waals surface area contributed by atoms with Crippen LogP contribution >= 0.6 is 0 Å². The molecule has 134 valence electrons. The molecule has 0 spiro atoms. The van der Waals surface area contributed by atoms with E-state index in [4.69, 9.17) is 9.47 Å². The van der Waals surface area contributed by atoms with E-state index in [1.807, 2.05) is 6.08 Å². The monoisotopic (exact) mass is 347 g/mol. The van der Waals surface area contributed by atoms with Crippen molar-refractivity contribution in [1.82, 2.24) is 4.90 Å². The summed E-state index contributed by atoms with van der Waals surface area (Å²) >= 11 is 0. The lowest BCUT2D eigenvalue weighted by Crippen LogP contribution is -2.23. The third-order valence-corrected chi connectivity index (χ3v) is 5.07. The first-order valence-electron chi connectivity index (χ1n) is 8.47. The number of rotatable bonds is 4. The Bertz CT molecular complexity index is 708. The molecule has 0 aromatic heterocycles. The molecule has 1 amide bonds. The van der Waals surface area contributed by atoms with E-state index in [-0.39, 0.29) is 29.1 Å². The molecule has 0 bridgehead atoms. The average molecular weight is 347 g/mol. The fourth-order valence-electron chi connectivity index (χ4n) is 3.58. The second-order valence-electron chi connectivity index (χ2n) is 6.53. The molecule has 1 fully saturated rings. The number of hydrogen-bond donors (Lipinski definition) is 0. The minimum atomic E-state index is -0.598. The topological polar surface area (TPSA) is 55.8 Å². The highest BCUT2D eigenvalue weighted by Crippen LogP contribution is 2.33. The molecule has 0 N–H and O–H groups in total. The van der Waals surface area contributed by atoms with E-state index in [2.05, 4.69) is 0 Å². The Labute approximate surface area is 146 Å². The van der Waals surface area contributed by atoms with E-state index in [9.17, 15) is 14.0 Å². The third-order valence-electron chi connectivity index (χ3n) is 5.07. The molecule has 0 saturated heterocycles. The van der Waals surface area contributed by atoms with Crippen molar-refractivity contribution in [1.29, 1.82) is 0 Å². The largest absolute Gasteiger partial charge is 0.494 e. The van der Waals surface area contributed by atoms with Crippen molar-refractivity contribution in [2.45, 2.75) is 32.2 Å². The second kappa shape index (κ2) is 7.25. The summed E-state index contributed by atoms with van der Waals surface area (Å²) in [5.74, 6) is -0.702. The number of nitrogens with zero attached hydrogens (tertiary/aromatic N) is 1. The van der Waals surface area contributed by atoms with Crippen LogP contribution in [-0.4, -0.2) is 31.0 Å². The molecule has 1 aromatic carbocycles. The van der Waals surface area contributed by atoms with Crippen LogP contribution in [-0.2, 0) is 16.1 Å². The first-order valence-corrected chi connectivity index (χ1v) is 8.47. The normalized spacial score (nSPS) is 23.0. The van der Waals surface area contributed by atoms with E-state index in [1.54, 1.807) is 18.3 Å². The second-order valence-corrected chi connectivity index (χ2v) is 6.53. The van der Waals surface area contributed by atoms with Gasteiger partial charge in [0.2, 0.25) is 0 Å². The van der Waals surface area contributed by atoms with Gasteiger partial charge in [-0.1, -0.05) is 12.1 Å². The standard InChI is InChI=1S/C19H22FNO4/c1-24-15-8-7-14-11-21(18(22)16(14)17(15)20)10-9-12-3-5-13(6-4-12)19(23)25-2/h7-10,12-13H,3-6,11H2,1-2H3. The summed E-state index contributed by atoms with van der Waals surface area (Å²) in [5.41, 5.74) is 0.765. The Morgan fingerprint density at radius 3 is 2.60 bits per heavy atom. The van der Waals surface area contributed by atoms with Gasteiger partial charge in [0.1, 0.15) is 0 Å². The highest BCUT2D eigenvalue weighted by molar-refractivity contribution is 5.99. The Hall–Kier alpha value is -2.37. The highest BCUT2D eigenvalue weighted by atomic mass is 19.1. The van der Waals surface area contributed by atoms with E-state index in [0.717, 1.165) is 25.7 Å². The maximum absolute atomic E-state index is 14.3. The minimum Gasteiger partial charge on any atom is -0.494 e. The fourth-order valence-corrected chi connectivity index (χ4v) is 3.58. The van der Waals surface area contributed by atoms with Crippen LogP contribution in [0.2, 0.25) is 0 Å². The first-order chi connectivity index (χ1) is 12.0. The van der Waals surface area contributed by atoms with Crippen molar-refractivity contribution in [3.63, 3.8) is 0 Å². The van der Waals surface area contributed by atoms with Gasteiger partial charge in [0, 0.05) is 6.20 Å². The number of carbonyl (C=O) groups excluding carboxylic acids is 2. The summed E-state index contributed by atoms with van der Waals surface area (Å²) in [6.07, 6.45) is 7.09. The lowest BCUT2D eigenvalue weighted by atomic mass is 9.82. The van der Waals surface area contributed by atoms with Crippen molar-refractivity contribution < 1.29 is 23.5 Å². The number of allylic oxidation sites excluding steroid dienone is 1. The van der Waals surface area contributed by atoms with E-state index in [1.165, 1.54) is 19.1 Å². The number of ether oxygens (including phenoxy) is 2. The quantitative estimate of drug-likeness (QED) is 0.785. The maximum atomic E-state index is 14.3. The van der Waals surface area contributed by atoms with Crippen LogP contribution in [0.5, 0.6) is 5.75 Å². The number of methoxy groups -OCH3 is 2. The van der Waals surface area contributed by atoms with Gasteiger partial charge in [-0.15, -0.1) is 0 Å². The van der Waals surface area contributed by atoms with E-state index < -0.39 is 5.82 Å². The SMILES string of the molecule is COC(=O)C1CCC(C=CN2Cc3ccc(OC)c(F)c3C2=O)CC1. The van der Waals surface area contributed by atoms with Crippen LogP contribution in [0.1, 0.15) is 41.6 Å². The molecule has 5 nitrogen and oxygen atoms in total. The van der Waals surface area contributed by atoms with Gasteiger partial charge in [0.25, 0.3) is 5.91 Å². The van der Waals surface area contributed by atoms with Crippen LogP contribution < -0.4 is 4.74 Å². The van der Waals surface area contributed by atoms with Crippen LogP contribution in [0.25, 0.3) is 0 Å². The number of hydrogen-bond acceptors (Lipinski definition) is 4. The van der Waals surface area contributed by atoms with Crippen LogP contribution in [0.3, 0.4) is 0 Å². The summed E-state index contributed by atoms with van der Waals surface area (Å²) in [6.45, 7) is 0.364. The van der Waals surface area contributed by atoms with Gasteiger partial charge < -0.3 is 14.4 Å². The molecular weight excluding hydrogens is 325 g/mol. The molecule has 2 aliphatic rings.